The summed E-state index contributed by atoms with van der Waals surface area (Å²) < 4.78 is 5.50. The molecule has 1 amide bonds. The Labute approximate surface area is 117 Å². The summed E-state index contributed by atoms with van der Waals surface area (Å²) in [4.78, 5) is 14.0. The van der Waals surface area contributed by atoms with Gasteiger partial charge in [-0.3, -0.25) is 4.79 Å². The van der Waals surface area contributed by atoms with Crippen LogP contribution in [0.15, 0.2) is 48.5 Å². The van der Waals surface area contributed by atoms with Gasteiger partial charge in [-0.2, -0.15) is 0 Å². The predicted molar refractivity (Wildman–Crippen MR) is 78.8 cm³/mol. The van der Waals surface area contributed by atoms with Crippen molar-refractivity contribution < 1.29 is 9.53 Å². The quantitative estimate of drug-likeness (QED) is 0.868. The zero-order chi connectivity index (χ0) is 13.9. The van der Waals surface area contributed by atoms with Crippen LogP contribution in [-0.2, 0) is 11.2 Å². The van der Waals surface area contributed by atoms with Crippen LogP contribution in [0.2, 0.25) is 0 Å². The maximum atomic E-state index is 12.3. The minimum Gasteiger partial charge on any atom is -0.484 e. The van der Waals surface area contributed by atoms with Gasteiger partial charge in [-0.15, -0.1) is 0 Å². The normalized spacial score (nSPS) is 13.1. The fourth-order valence-corrected chi connectivity index (χ4v) is 2.46. The van der Waals surface area contributed by atoms with Crippen LogP contribution in [0.25, 0.3) is 0 Å². The second-order valence-electron chi connectivity index (χ2n) is 4.74. The molecule has 0 saturated carbocycles. The van der Waals surface area contributed by atoms with Crippen molar-refractivity contribution >= 4 is 17.3 Å². The average Bonchev–Trinajstić information content (AvgIpc) is 2.91. The summed E-state index contributed by atoms with van der Waals surface area (Å²) in [6.07, 6.45) is 0.805. The number of hydrogen-bond acceptors (Lipinski definition) is 3. The molecule has 0 aromatic heterocycles. The first kappa shape index (κ1) is 12.5. The minimum atomic E-state index is -0.0433. The topological polar surface area (TPSA) is 55.6 Å². The first-order chi connectivity index (χ1) is 9.75. The number of amides is 1. The van der Waals surface area contributed by atoms with Gasteiger partial charge in [0.2, 0.25) is 0 Å². The predicted octanol–water partition coefficient (Wildman–Crippen LogP) is 2.24. The molecule has 0 bridgehead atoms. The third kappa shape index (κ3) is 2.32. The van der Waals surface area contributed by atoms with E-state index in [0.29, 0.717) is 12.3 Å². The van der Waals surface area contributed by atoms with Crippen LogP contribution in [-0.4, -0.2) is 19.1 Å². The van der Waals surface area contributed by atoms with Gasteiger partial charge < -0.3 is 15.4 Å². The maximum Gasteiger partial charge on any atom is 0.264 e. The molecule has 0 atom stereocenters. The van der Waals surface area contributed by atoms with Crippen LogP contribution in [0.1, 0.15) is 5.56 Å². The average molecular weight is 268 g/mol. The molecule has 1 aliphatic rings. The summed E-state index contributed by atoms with van der Waals surface area (Å²) in [5.41, 5.74) is 8.65. The lowest BCUT2D eigenvalue weighted by Crippen LogP contribution is -2.33. The highest BCUT2D eigenvalue weighted by atomic mass is 16.5. The van der Waals surface area contributed by atoms with Gasteiger partial charge in [0.1, 0.15) is 5.75 Å². The molecule has 0 spiro atoms. The zero-order valence-electron chi connectivity index (χ0n) is 11.1. The lowest BCUT2D eigenvalue weighted by Gasteiger charge is -2.17. The Morgan fingerprint density at radius 3 is 2.75 bits per heavy atom. The third-order valence-corrected chi connectivity index (χ3v) is 3.47. The Morgan fingerprint density at radius 1 is 1.15 bits per heavy atom. The Kier molecular flexibility index (Phi) is 3.29. The molecule has 4 heteroatoms. The molecule has 0 radical (unpaired) electrons. The largest absolute Gasteiger partial charge is 0.484 e. The molecule has 0 unspecified atom stereocenters. The lowest BCUT2D eigenvalue weighted by atomic mass is 10.1. The van der Waals surface area contributed by atoms with E-state index in [1.807, 2.05) is 48.5 Å². The number of carbonyl (C=O) groups is 1. The number of para-hydroxylation sites is 1. The molecule has 4 nitrogen and oxygen atoms in total. The van der Waals surface area contributed by atoms with Crippen molar-refractivity contribution in [1.29, 1.82) is 0 Å². The van der Waals surface area contributed by atoms with Crippen molar-refractivity contribution in [3.8, 4) is 5.75 Å². The van der Waals surface area contributed by atoms with Gasteiger partial charge in [0.05, 0.1) is 0 Å². The highest BCUT2D eigenvalue weighted by Crippen LogP contribution is 2.32. The van der Waals surface area contributed by atoms with Gasteiger partial charge >= 0.3 is 0 Å². The molecular weight excluding hydrogens is 252 g/mol. The van der Waals surface area contributed by atoms with E-state index in [1.165, 1.54) is 0 Å². The molecule has 0 saturated heterocycles. The first-order valence-corrected chi connectivity index (χ1v) is 6.61. The summed E-state index contributed by atoms with van der Waals surface area (Å²) in [6, 6.07) is 15.0. The Morgan fingerprint density at radius 2 is 1.95 bits per heavy atom. The summed E-state index contributed by atoms with van der Waals surface area (Å²) >= 11 is 0. The number of nitrogen functional groups attached to an aromatic ring is 1. The highest BCUT2D eigenvalue weighted by molar-refractivity contribution is 5.97. The lowest BCUT2D eigenvalue weighted by molar-refractivity contribution is -0.120. The van der Waals surface area contributed by atoms with Gasteiger partial charge in [-0.1, -0.05) is 24.3 Å². The molecule has 0 fully saturated rings. The van der Waals surface area contributed by atoms with E-state index in [4.69, 9.17) is 10.5 Å². The number of hydrogen-bond donors (Lipinski definition) is 1. The van der Waals surface area contributed by atoms with Crippen molar-refractivity contribution in [1.82, 2.24) is 0 Å². The Hall–Kier alpha value is -2.49. The Balaban J connectivity index is 1.70. The number of nitrogens with two attached hydrogens (primary N) is 1. The van der Waals surface area contributed by atoms with E-state index in [-0.39, 0.29) is 12.5 Å². The van der Waals surface area contributed by atoms with Gasteiger partial charge in [0, 0.05) is 23.5 Å². The van der Waals surface area contributed by atoms with E-state index < -0.39 is 0 Å². The number of ether oxygens (including phenoxy) is 1. The van der Waals surface area contributed by atoms with Crippen LogP contribution >= 0.6 is 0 Å². The van der Waals surface area contributed by atoms with Crippen LogP contribution in [0, 0.1) is 0 Å². The number of nitrogens with zero attached hydrogens (tertiary/aromatic N) is 1. The van der Waals surface area contributed by atoms with Crippen LogP contribution in [0.4, 0.5) is 11.4 Å². The number of rotatable bonds is 3. The van der Waals surface area contributed by atoms with E-state index in [9.17, 15) is 4.79 Å². The SMILES string of the molecule is Nc1cccc2c1CCN2C(=O)COc1ccccc1. The fourth-order valence-electron chi connectivity index (χ4n) is 2.46. The molecular formula is C16H16N2O2. The van der Waals surface area contributed by atoms with Crippen molar-refractivity contribution in [2.24, 2.45) is 0 Å². The summed E-state index contributed by atoms with van der Waals surface area (Å²) in [6.45, 7) is 0.707. The minimum absolute atomic E-state index is 0.0399. The number of carbonyl (C=O) groups excluding carboxylic acids is 1. The molecule has 20 heavy (non-hydrogen) atoms. The highest BCUT2D eigenvalue weighted by Gasteiger charge is 2.25. The fraction of sp³-hybridized carbons (Fsp3) is 0.188. The molecule has 0 aliphatic carbocycles. The third-order valence-electron chi connectivity index (χ3n) is 3.47. The Bertz CT molecular complexity index is 626. The standard InChI is InChI=1S/C16H16N2O2/c17-14-7-4-8-15-13(14)9-10-18(15)16(19)11-20-12-5-2-1-3-6-12/h1-8H,9-11,17H2. The zero-order valence-corrected chi connectivity index (χ0v) is 11.1. The van der Waals surface area contributed by atoms with E-state index in [2.05, 4.69) is 0 Å². The molecule has 2 aromatic carbocycles. The number of benzene rings is 2. The van der Waals surface area contributed by atoms with Gasteiger partial charge in [0.15, 0.2) is 6.61 Å². The van der Waals surface area contributed by atoms with Crippen LogP contribution in [0.3, 0.4) is 0 Å². The second kappa shape index (κ2) is 5.25. The summed E-state index contributed by atoms with van der Waals surface area (Å²) in [5, 5.41) is 0. The number of fused-ring (bicyclic) bond motifs is 1. The summed E-state index contributed by atoms with van der Waals surface area (Å²) in [7, 11) is 0. The van der Waals surface area contributed by atoms with Gasteiger partial charge in [0.25, 0.3) is 5.91 Å². The van der Waals surface area contributed by atoms with Crippen LogP contribution in [0.5, 0.6) is 5.75 Å². The van der Waals surface area contributed by atoms with Crippen molar-refractivity contribution in [3.05, 3.63) is 54.1 Å². The molecule has 2 aromatic rings. The van der Waals surface area contributed by atoms with Gasteiger partial charge in [-0.25, -0.2) is 0 Å². The molecule has 3 rings (SSSR count). The molecule has 102 valence electrons. The van der Waals surface area contributed by atoms with Crippen LogP contribution < -0.4 is 15.4 Å². The van der Waals surface area contributed by atoms with E-state index in [1.54, 1.807) is 4.90 Å². The van der Waals surface area contributed by atoms with Crippen molar-refractivity contribution in [2.45, 2.75) is 6.42 Å². The van der Waals surface area contributed by atoms with E-state index in [0.717, 1.165) is 23.4 Å². The molecule has 1 aliphatic heterocycles. The van der Waals surface area contributed by atoms with Gasteiger partial charge in [-0.05, 0) is 30.7 Å². The van der Waals surface area contributed by atoms with E-state index >= 15 is 0 Å². The monoisotopic (exact) mass is 268 g/mol. The summed E-state index contributed by atoms with van der Waals surface area (Å²) in [5.74, 6) is 0.658. The van der Waals surface area contributed by atoms with Crippen molar-refractivity contribution in [2.75, 3.05) is 23.8 Å². The number of anilines is 2. The molecule has 2 N–H and O–H groups in total. The smallest absolute Gasteiger partial charge is 0.264 e. The van der Waals surface area contributed by atoms with Crippen molar-refractivity contribution in [3.63, 3.8) is 0 Å². The second-order valence-corrected chi connectivity index (χ2v) is 4.74. The molecule has 1 heterocycles. The first-order valence-electron chi connectivity index (χ1n) is 6.61. The maximum absolute atomic E-state index is 12.3.